The van der Waals surface area contributed by atoms with Gasteiger partial charge in [0.05, 0.1) is 6.10 Å². The first-order valence-electron chi connectivity index (χ1n) is 6.99. The average molecular weight is 327 g/mol. The van der Waals surface area contributed by atoms with E-state index in [4.69, 9.17) is 0 Å². The highest BCUT2D eigenvalue weighted by atomic mass is 79.9. The monoisotopic (exact) mass is 326 g/mol. The first kappa shape index (κ1) is 14.9. The van der Waals surface area contributed by atoms with Crippen LogP contribution in [0.5, 0.6) is 0 Å². The van der Waals surface area contributed by atoms with Gasteiger partial charge in [-0.15, -0.1) is 0 Å². The van der Waals surface area contributed by atoms with Crippen molar-refractivity contribution >= 4 is 15.9 Å². The number of halogens is 1. The number of hydrogen-bond donors (Lipinski definition) is 1. The summed E-state index contributed by atoms with van der Waals surface area (Å²) in [5, 5.41) is 10.8. The van der Waals surface area contributed by atoms with Crippen molar-refractivity contribution in [1.82, 2.24) is 9.88 Å². The molecule has 2 rings (SSSR count). The van der Waals surface area contributed by atoms with Crippen LogP contribution in [0.25, 0.3) is 0 Å². The van der Waals surface area contributed by atoms with Gasteiger partial charge >= 0.3 is 0 Å². The largest absolute Gasteiger partial charge is 0.391 e. The molecule has 0 bridgehead atoms. The molecule has 0 amide bonds. The van der Waals surface area contributed by atoms with E-state index < -0.39 is 0 Å². The van der Waals surface area contributed by atoms with Crippen LogP contribution < -0.4 is 0 Å². The molecule has 1 aliphatic carbocycles. The smallest absolute Gasteiger partial charge is 0.0764 e. The molecule has 1 heterocycles. The van der Waals surface area contributed by atoms with Gasteiger partial charge in [-0.25, -0.2) is 0 Å². The van der Waals surface area contributed by atoms with Gasteiger partial charge in [-0.1, -0.05) is 19.3 Å². The quantitative estimate of drug-likeness (QED) is 0.923. The lowest BCUT2D eigenvalue weighted by Gasteiger charge is -2.46. The van der Waals surface area contributed by atoms with Gasteiger partial charge in [0.25, 0.3) is 0 Å². The van der Waals surface area contributed by atoms with Crippen LogP contribution in [0.3, 0.4) is 0 Å². The highest BCUT2D eigenvalue weighted by Crippen LogP contribution is 2.36. The number of likely N-dealkylation sites (N-methyl/N-ethyl adjacent to an activating group) is 1. The molecule has 1 N–H and O–H groups in total. The van der Waals surface area contributed by atoms with E-state index in [0.717, 1.165) is 22.9 Å². The van der Waals surface area contributed by atoms with Crippen LogP contribution in [-0.2, 0) is 6.42 Å². The van der Waals surface area contributed by atoms with Gasteiger partial charge in [0.15, 0.2) is 0 Å². The minimum Gasteiger partial charge on any atom is -0.391 e. The van der Waals surface area contributed by atoms with Gasteiger partial charge < -0.3 is 10.0 Å². The molecule has 4 heteroatoms. The van der Waals surface area contributed by atoms with Crippen molar-refractivity contribution in [2.45, 2.75) is 50.2 Å². The number of nitrogens with zero attached hydrogens (tertiary/aromatic N) is 2. The lowest BCUT2D eigenvalue weighted by molar-refractivity contribution is -0.0310. The highest BCUT2D eigenvalue weighted by molar-refractivity contribution is 9.10. The third kappa shape index (κ3) is 3.36. The van der Waals surface area contributed by atoms with Crippen LogP contribution in [0, 0.1) is 0 Å². The summed E-state index contributed by atoms with van der Waals surface area (Å²) in [5.74, 6) is 0. The molecule has 3 nitrogen and oxygen atoms in total. The van der Waals surface area contributed by atoms with Crippen molar-refractivity contribution in [3.8, 4) is 0 Å². The van der Waals surface area contributed by atoms with Crippen molar-refractivity contribution in [3.05, 3.63) is 28.5 Å². The maximum absolute atomic E-state index is 10.8. The average Bonchev–Trinajstić information content (AvgIpc) is 2.39. The second kappa shape index (κ2) is 6.33. The van der Waals surface area contributed by atoms with E-state index in [0.29, 0.717) is 6.42 Å². The molecule has 0 aliphatic heterocycles. The minimum absolute atomic E-state index is 0.0689. The molecule has 1 aromatic heterocycles. The van der Waals surface area contributed by atoms with E-state index in [9.17, 15) is 5.11 Å². The first-order chi connectivity index (χ1) is 9.04. The van der Waals surface area contributed by atoms with Crippen molar-refractivity contribution in [3.63, 3.8) is 0 Å². The van der Waals surface area contributed by atoms with Gasteiger partial charge in [-0.2, -0.15) is 0 Å². The van der Waals surface area contributed by atoms with Crippen LogP contribution in [0.2, 0.25) is 0 Å². The summed E-state index contributed by atoms with van der Waals surface area (Å²) in [7, 11) is 4.18. The molecule has 0 spiro atoms. The molecule has 0 radical (unpaired) electrons. The van der Waals surface area contributed by atoms with Crippen LogP contribution in [-0.4, -0.2) is 40.7 Å². The normalized spacial score (nSPS) is 20.5. The van der Waals surface area contributed by atoms with E-state index in [2.05, 4.69) is 39.9 Å². The molecule has 19 heavy (non-hydrogen) atoms. The second-order valence-electron chi connectivity index (χ2n) is 5.79. The highest BCUT2D eigenvalue weighted by Gasteiger charge is 2.40. The maximum Gasteiger partial charge on any atom is 0.0764 e. The Kier molecular flexibility index (Phi) is 4.98. The first-order valence-corrected chi connectivity index (χ1v) is 7.79. The third-order valence-electron chi connectivity index (χ3n) is 4.42. The lowest BCUT2D eigenvalue weighted by Crippen LogP contribution is -2.55. The molecule has 0 aromatic carbocycles. The van der Waals surface area contributed by atoms with E-state index >= 15 is 0 Å². The molecule has 1 saturated carbocycles. The molecule has 1 fully saturated rings. The molecular formula is C15H23BrN2O. The number of aliphatic hydroxyl groups is 1. The minimum atomic E-state index is -0.334. The maximum atomic E-state index is 10.8. The van der Waals surface area contributed by atoms with Crippen molar-refractivity contribution < 1.29 is 5.11 Å². The predicted octanol–water partition coefficient (Wildman–Crippen LogP) is 3.01. The summed E-state index contributed by atoms with van der Waals surface area (Å²) in [6, 6.07) is 2.04. The Bertz CT molecular complexity index is 416. The zero-order chi connectivity index (χ0) is 13.9. The Labute approximate surface area is 124 Å². The summed E-state index contributed by atoms with van der Waals surface area (Å²) in [6.45, 7) is 0. The van der Waals surface area contributed by atoms with Crippen LogP contribution in [0.1, 0.15) is 37.7 Å². The number of rotatable bonds is 4. The van der Waals surface area contributed by atoms with Gasteiger partial charge in [0.1, 0.15) is 0 Å². The SMILES string of the molecule is CN(C)C1(C(O)Cc2cncc(Br)c2)CCCCC1. The third-order valence-corrected chi connectivity index (χ3v) is 4.85. The summed E-state index contributed by atoms with van der Waals surface area (Å²) in [6.07, 6.45) is 9.85. The van der Waals surface area contributed by atoms with Gasteiger partial charge in [-0.3, -0.25) is 4.98 Å². The molecule has 1 aromatic rings. The summed E-state index contributed by atoms with van der Waals surface area (Å²) >= 11 is 3.44. The second-order valence-corrected chi connectivity index (χ2v) is 6.71. The molecule has 1 unspecified atom stereocenters. The van der Waals surface area contributed by atoms with E-state index in [-0.39, 0.29) is 11.6 Å². The van der Waals surface area contributed by atoms with Crippen LogP contribution in [0.15, 0.2) is 22.9 Å². The van der Waals surface area contributed by atoms with E-state index in [1.165, 1.54) is 19.3 Å². The van der Waals surface area contributed by atoms with Crippen LogP contribution in [0.4, 0.5) is 0 Å². The van der Waals surface area contributed by atoms with Crippen molar-refractivity contribution in [1.29, 1.82) is 0 Å². The Morgan fingerprint density at radius 1 is 1.32 bits per heavy atom. The zero-order valence-corrected chi connectivity index (χ0v) is 13.4. The summed E-state index contributed by atoms with van der Waals surface area (Å²) < 4.78 is 0.972. The Hall–Kier alpha value is -0.450. The molecule has 1 atom stereocenters. The van der Waals surface area contributed by atoms with E-state index in [1.54, 1.807) is 6.20 Å². The fourth-order valence-corrected chi connectivity index (χ4v) is 3.64. The number of pyridine rings is 1. The Morgan fingerprint density at radius 2 is 2.00 bits per heavy atom. The zero-order valence-electron chi connectivity index (χ0n) is 11.8. The standard InChI is InChI=1S/C15H23BrN2O/c1-18(2)15(6-4-3-5-7-15)14(19)9-12-8-13(16)11-17-10-12/h8,10-11,14,19H,3-7,9H2,1-2H3. The fourth-order valence-electron chi connectivity index (χ4n) is 3.22. The number of aromatic nitrogens is 1. The van der Waals surface area contributed by atoms with Crippen LogP contribution >= 0.6 is 15.9 Å². The van der Waals surface area contributed by atoms with Crippen molar-refractivity contribution in [2.75, 3.05) is 14.1 Å². The number of hydrogen-bond acceptors (Lipinski definition) is 3. The molecule has 0 saturated heterocycles. The Balaban J connectivity index is 2.13. The van der Waals surface area contributed by atoms with Crippen molar-refractivity contribution in [2.24, 2.45) is 0 Å². The topological polar surface area (TPSA) is 36.4 Å². The van der Waals surface area contributed by atoms with Gasteiger partial charge in [0.2, 0.25) is 0 Å². The van der Waals surface area contributed by atoms with Gasteiger partial charge in [-0.05, 0) is 54.5 Å². The molecular weight excluding hydrogens is 304 g/mol. The molecule has 1 aliphatic rings. The Morgan fingerprint density at radius 3 is 2.58 bits per heavy atom. The lowest BCUT2D eigenvalue weighted by atomic mass is 9.75. The van der Waals surface area contributed by atoms with E-state index in [1.807, 2.05) is 12.3 Å². The predicted molar refractivity (Wildman–Crippen MR) is 81.2 cm³/mol. The molecule has 106 valence electrons. The summed E-state index contributed by atoms with van der Waals surface area (Å²) in [5.41, 5.74) is 1.02. The summed E-state index contributed by atoms with van der Waals surface area (Å²) in [4.78, 5) is 6.40. The van der Waals surface area contributed by atoms with Gasteiger partial charge in [0, 0.05) is 28.8 Å². The number of aliphatic hydroxyl groups excluding tert-OH is 1. The fraction of sp³-hybridized carbons (Fsp3) is 0.667.